The SMILES string of the molecule is O=[C]c1ccccc1N1CCN(Cc2ccccc2-c2ccc(F)cc2F)CC1. The van der Waals surface area contributed by atoms with Crippen molar-refractivity contribution in [1.29, 1.82) is 0 Å². The third-order valence-corrected chi connectivity index (χ3v) is 5.36. The van der Waals surface area contributed by atoms with Crippen molar-refractivity contribution in [1.82, 2.24) is 4.90 Å². The van der Waals surface area contributed by atoms with Gasteiger partial charge in [0.05, 0.1) is 0 Å². The molecule has 0 spiro atoms. The van der Waals surface area contributed by atoms with Crippen molar-refractivity contribution in [2.75, 3.05) is 31.1 Å². The number of nitrogens with zero attached hydrogens (tertiary/aromatic N) is 2. The number of hydrogen-bond acceptors (Lipinski definition) is 3. The van der Waals surface area contributed by atoms with Crippen LogP contribution in [0.1, 0.15) is 11.1 Å². The molecule has 0 unspecified atom stereocenters. The molecule has 4 rings (SSSR count). The van der Waals surface area contributed by atoms with E-state index in [-0.39, 0.29) is 0 Å². The Hall–Kier alpha value is -3.05. The number of benzene rings is 3. The molecular formula is C24H21F2N2O. The molecule has 29 heavy (non-hydrogen) atoms. The lowest BCUT2D eigenvalue weighted by atomic mass is 9.98. The highest BCUT2D eigenvalue weighted by Gasteiger charge is 2.20. The fraction of sp³-hybridized carbons (Fsp3) is 0.208. The first-order valence-corrected chi connectivity index (χ1v) is 9.63. The molecule has 0 atom stereocenters. The maximum absolute atomic E-state index is 14.3. The third-order valence-electron chi connectivity index (χ3n) is 5.36. The minimum Gasteiger partial charge on any atom is -0.368 e. The minimum atomic E-state index is -0.576. The molecule has 1 saturated heterocycles. The average molecular weight is 391 g/mol. The standard InChI is InChI=1S/C24H21F2N2O/c25-20-9-10-22(23(26)15-20)21-7-3-1-5-18(21)16-27-11-13-28(14-12-27)24-8-4-2-6-19(24)17-29/h1-10,15H,11-14,16H2. The fourth-order valence-corrected chi connectivity index (χ4v) is 3.85. The van der Waals surface area contributed by atoms with E-state index in [9.17, 15) is 13.6 Å². The molecule has 3 aromatic rings. The maximum Gasteiger partial charge on any atom is 0.235 e. The molecule has 1 aliphatic heterocycles. The van der Waals surface area contributed by atoms with Crippen LogP contribution < -0.4 is 4.90 Å². The van der Waals surface area contributed by atoms with Crippen LogP contribution in [0.15, 0.2) is 66.7 Å². The van der Waals surface area contributed by atoms with E-state index in [1.165, 1.54) is 12.1 Å². The summed E-state index contributed by atoms with van der Waals surface area (Å²) in [6.45, 7) is 3.93. The van der Waals surface area contributed by atoms with Gasteiger partial charge in [-0.25, -0.2) is 8.78 Å². The van der Waals surface area contributed by atoms with Gasteiger partial charge >= 0.3 is 0 Å². The Bertz CT molecular complexity index is 1010. The summed E-state index contributed by atoms with van der Waals surface area (Å²) < 4.78 is 27.6. The number of carbonyl (C=O) groups excluding carboxylic acids is 1. The van der Waals surface area contributed by atoms with Crippen molar-refractivity contribution in [3.8, 4) is 11.1 Å². The fourth-order valence-electron chi connectivity index (χ4n) is 3.85. The highest BCUT2D eigenvalue weighted by atomic mass is 19.1. The summed E-state index contributed by atoms with van der Waals surface area (Å²) in [5.41, 5.74) is 3.70. The summed E-state index contributed by atoms with van der Waals surface area (Å²) in [5.74, 6) is -1.13. The van der Waals surface area contributed by atoms with Crippen molar-refractivity contribution >= 4 is 12.0 Å². The maximum atomic E-state index is 14.3. The summed E-state index contributed by atoms with van der Waals surface area (Å²) in [6, 6.07) is 18.9. The molecule has 5 heteroatoms. The Morgan fingerprint density at radius 1 is 0.828 bits per heavy atom. The Kier molecular flexibility index (Phi) is 5.67. The molecule has 0 aliphatic carbocycles. The summed E-state index contributed by atoms with van der Waals surface area (Å²) in [7, 11) is 0. The average Bonchev–Trinajstić information content (AvgIpc) is 2.75. The molecule has 1 aliphatic rings. The first-order valence-electron chi connectivity index (χ1n) is 9.63. The van der Waals surface area contributed by atoms with Gasteiger partial charge in [0.2, 0.25) is 6.29 Å². The van der Waals surface area contributed by atoms with Gasteiger partial charge in [0, 0.05) is 55.6 Å². The van der Waals surface area contributed by atoms with E-state index in [0.29, 0.717) is 17.7 Å². The summed E-state index contributed by atoms with van der Waals surface area (Å²) >= 11 is 0. The van der Waals surface area contributed by atoms with Gasteiger partial charge in [-0.15, -0.1) is 0 Å². The van der Waals surface area contributed by atoms with Crippen molar-refractivity contribution in [2.45, 2.75) is 6.54 Å². The van der Waals surface area contributed by atoms with Gasteiger partial charge in [-0.1, -0.05) is 36.4 Å². The summed E-state index contributed by atoms with van der Waals surface area (Å²) in [6.07, 6.45) is 2.01. The lowest BCUT2D eigenvalue weighted by Crippen LogP contribution is -2.46. The van der Waals surface area contributed by atoms with Crippen LogP contribution in [-0.2, 0) is 11.3 Å². The molecule has 0 amide bonds. The van der Waals surface area contributed by atoms with E-state index in [1.54, 1.807) is 6.07 Å². The lowest BCUT2D eigenvalue weighted by Gasteiger charge is -2.36. The van der Waals surface area contributed by atoms with E-state index >= 15 is 0 Å². The quantitative estimate of drug-likeness (QED) is 0.644. The summed E-state index contributed by atoms with van der Waals surface area (Å²) in [4.78, 5) is 15.7. The van der Waals surface area contributed by atoms with Crippen molar-refractivity contribution in [3.05, 3.63) is 89.5 Å². The van der Waals surface area contributed by atoms with Gasteiger partial charge < -0.3 is 4.90 Å². The van der Waals surface area contributed by atoms with Gasteiger partial charge in [0.1, 0.15) is 11.6 Å². The molecule has 3 nitrogen and oxygen atoms in total. The van der Waals surface area contributed by atoms with Crippen molar-refractivity contribution in [2.24, 2.45) is 0 Å². The van der Waals surface area contributed by atoms with E-state index in [0.717, 1.165) is 49.1 Å². The molecule has 1 radical (unpaired) electrons. The van der Waals surface area contributed by atoms with E-state index < -0.39 is 11.6 Å². The molecule has 147 valence electrons. The normalized spacial score (nSPS) is 14.8. The molecule has 0 saturated carbocycles. The second-order valence-corrected chi connectivity index (χ2v) is 7.16. The number of hydrogen-bond donors (Lipinski definition) is 0. The van der Waals surface area contributed by atoms with Crippen LogP contribution in [0, 0.1) is 11.6 Å². The molecular weight excluding hydrogens is 370 g/mol. The largest absolute Gasteiger partial charge is 0.368 e. The second kappa shape index (κ2) is 8.53. The second-order valence-electron chi connectivity index (χ2n) is 7.16. The van der Waals surface area contributed by atoms with E-state index in [2.05, 4.69) is 9.80 Å². The van der Waals surface area contributed by atoms with Crippen molar-refractivity contribution in [3.63, 3.8) is 0 Å². The van der Waals surface area contributed by atoms with Crippen molar-refractivity contribution < 1.29 is 13.6 Å². The number of piperazine rings is 1. The first kappa shape index (κ1) is 19.3. The van der Waals surface area contributed by atoms with Crippen LogP contribution in [0.2, 0.25) is 0 Å². The first-order chi connectivity index (χ1) is 14.2. The monoisotopic (exact) mass is 391 g/mol. The van der Waals surface area contributed by atoms with Gasteiger partial charge in [0.25, 0.3) is 0 Å². The van der Waals surface area contributed by atoms with Crippen LogP contribution in [0.25, 0.3) is 11.1 Å². The Morgan fingerprint density at radius 3 is 2.31 bits per heavy atom. The van der Waals surface area contributed by atoms with E-state index in [4.69, 9.17) is 0 Å². The molecule has 1 fully saturated rings. The molecule has 3 aromatic carbocycles. The predicted molar refractivity (Wildman–Crippen MR) is 111 cm³/mol. The van der Waals surface area contributed by atoms with Crippen LogP contribution in [0.5, 0.6) is 0 Å². The third kappa shape index (κ3) is 4.20. The predicted octanol–water partition coefficient (Wildman–Crippen LogP) is 4.41. The van der Waals surface area contributed by atoms with Gasteiger partial charge in [-0.3, -0.25) is 9.69 Å². The molecule has 0 aromatic heterocycles. The highest BCUT2D eigenvalue weighted by molar-refractivity contribution is 5.85. The Balaban J connectivity index is 1.48. The lowest BCUT2D eigenvalue weighted by molar-refractivity contribution is 0.250. The topological polar surface area (TPSA) is 23.6 Å². The zero-order valence-electron chi connectivity index (χ0n) is 15.9. The Labute approximate surface area is 169 Å². The zero-order valence-corrected chi connectivity index (χ0v) is 15.9. The van der Waals surface area contributed by atoms with Gasteiger partial charge in [-0.05, 0) is 35.4 Å². The highest BCUT2D eigenvalue weighted by Crippen LogP contribution is 2.28. The molecule has 0 bridgehead atoms. The van der Waals surface area contributed by atoms with E-state index in [1.807, 2.05) is 48.8 Å². The number of para-hydroxylation sites is 1. The number of halogens is 2. The van der Waals surface area contributed by atoms with Gasteiger partial charge in [-0.2, -0.15) is 0 Å². The number of anilines is 1. The van der Waals surface area contributed by atoms with Crippen LogP contribution in [0.4, 0.5) is 14.5 Å². The Morgan fingerprint density at radius 2 is 1.55 bits per heavy atom. The van der Waals surface area contributed by atoms with Crippen LogP contribution >= 0.6 is 0 Å². The zero-order chi connectivity index (χ0) is 20.2. The van der Waals surface area contributed by atoms with Crippen LogP contribution in [0.3, 0.4) is 0 Å². The smallest absolute Gasteiger partial charge is 0.235 e. The molecule has 1 heterocycles. The van der Waals surface area contributed by atoms with Crippen LogP contribution in [-0.4, -0.2) is 37.4 Å². The minimum absolute atomic E-state index is 0.413. The molecule has 0 N–H and O–H groups in total. The number of rotatable bonds is 5. The summed E-state index contributed by atoms with van der Waals surface area (Å²) in [5, 5.41) is 0. The van der Waals surface area contributed by atoms with Gasteiger partial charge in [0.15, 0.2) is 0 Å².